The number of rotatable bonds is 3. The Morgan fingerprint density at radius 1 is 1.40 bits per heavy atom. The highest BCUT2D eigenvalue weighted by atomic mass is 19.1. The maximum Gasteiger partial charge on any atom is 0.339 e. The first-order valence-corrected chi connectivity index (χ1v) is 6.43. The van der Waals surface area contributed by atoms with E-state index in [2.05, 4.69) is 9.97 Å². The Morgan fingerprint density at radius 3 is 2.80 bits per heavy atom. The van der Waals surface area contributed by atoms with E-state index in [9.17, 15) is 9.18 Å². The van der Waals surface area contributed by atoms with Gasteiger partial charge in [0.05, 0.1) is 11.3 Å². The van der Waals surface area contributed by atoms with Crippen molar-refractivity contribution >= 4 is 5.97 Å². The highest BCUT2D eigenvalue weighted by Gasteiger charge is 2.30. The summed E-state index contributed by atoms with van der Waals surface area (Å²) in [6.07, 6.45) is 3.21. The van der Waals surface area contributed by atoms with Crippen LogP contribution in [0.25, 0.3) is 11.4 Å². The van der Waals surface area contributed by atoms with Crippen LogP contribution in [0, 0.1) is 12.7 Å². The minimum atomic E-state index is -1.02. The first-order chi connectivity index (χ1) is 9.56. The van der Waals surface area contributed by atoms with E-state index in [1.165, 1.54) is 18.3 Å². The number of carboxylic acids is 1. The molecule has 20 heavy (non-hydrogen) atoms. The van der Waals surface area contributed by atoms with Crippen molar-refractivity contribution in [2.75, 3.05) is 0 Å². The van der Waals surface area contributed by atoms with E-state index in [0.717, 1.165) is 18.4 Å². The number of carboxylic acid groups (broad SMARTS) is 1. The Labute approximate surface area is 115 Å². The lowest BCUT2D eigenvalue weighted by Crippen LogP contribution is -2.07. The second kappa shape index (κ2) is 4.67. The van der Waals surface area contributed by atoms with Crippen molar-refractivity contribution in [3.8, 4) is 11.4 Å². The minimum absolute atomic E-state index is 0.144. The molecule has 4 nitrogen and oxygen atoms in total. The van der Waals surface area contributed by atoms with Crippen LogP contribution < -0.4 is 0 Å². The van der Waals surface area contributed by atoms with E-state index in [-0.39, 0.29) is 17.3 Å². The van der Waals surface area contributed by atoms with Crippen LogP contribution in [0.15, 0.2) is 24.4 Å². The van der Waals surface area contributed by atoms with Crippen LogP contribution in [0.1, 0.15) is 40.4 Å². The number of hydrogen-bond acceptors (Lipinski definition) is 3. The van der Waals surface area contributed by atoms with Crippen molar-refractivity contribution in [2.24, 2.45) is 0 Å². The van der Waals surface area contributed by atoms with Crippen molar-refractivity contribution in [2.45, 2.75) is 25.7 Å². The van der Waals surface area contributed by atoms with E-state index in [1.807, 2.05) is 6.92 Å². The van der Waals surface area contributed by atoms with Crippen LogP contribution in [0.4, 0.5) is 4.39 Å². The van der Waals surface area contributed by atoms with Crippen molar-refractivity contribution < 1.29 is 14.3 Å². The molecular formula is C15H13FN2O2. The van der Waals surface area contributed by atoms with E-state index in [4.69, 9.17) is 5.11 Å². The molecule has 0 radical (unpaired) electrons. The third-order valence-corrected chi connectivity index (χ3v) is 3.45. The van der Waals surface area contributed by atoms with Gasteiger partial charge in [0.1, 0.15) is 5.82 Å². The predicted molar refractivity (Wildman–Crippen MR) is 71.1 cm³/mol. The molecule has 2 aromatic rings. The van der Waals surface area contributed by atoms with E-state index >= 15 is 0 Å². The number of hydrogen-bond donors (Lipinski definition) is 1. The summed E-state index contributed by atoms with van der Waals surface area (Å²) in [5.41, 5.74) is 2.16. The number of nitrogens with zero attached hydrogens (tertiary/aromatic N) is 2. The minimum Gasteiger partial charge on any atom is -0.478 e. The molecule has 5 heteroatoms. The van der Waals surface area contributed by atoms with Gasteiger partial charge in [-0.25, -0.2) is 19.2 Å². The summed E-state index contributed by atoms with van der Waals surface area (Å²) in [4.78, 5) is 19.6. The van der Waals surface area contributed by atoms with Crippen molar-refractivity contribution in [1.29, 1.82) is 0 Å². The van der Waals surface area contributed by atoms with Gasteiger partial charge in [-0.1, -0.05) is 6.07 Å². The summed E-state index contributed by atoms with van der Waals surface area (Å²) in [7, 11) is 0. The molecule has 1 aromatic heterocycles. The molecule has 1 N–H and O–H groups in total. The second-order valence-electron chi connectivity index (χ2n) is 5.03. The summed E-state index contributed by atoms with van der Waals surface area (Å²) in [5, 5.41) is 9.16. The molecule has 1 saturated carbocycles. The Kier molecular flexibility index (Phi) is 2.97. The highest BCUT2D eigenvalue weighted by Crippen LogP contribution is 2.41. The molecule has 1 heterocycles. The quantitative estimate of drug-likeness (QED) is 0.932. The Bertz CT molecular complexity index is 696. The van der Waals surface area contributed by atoms with Gasteiger partial charge in [0.25, 0.3) is 0 Å². The fraction of sp³-hybridized carbons (Fsp3) is 0.267. The summed E-state index contributed by atoms with van der Waals surface area (Å²) in [6, 6.07) is 4.42. The Hall–Kier alpha value is -2.30. The van der Waals surface area contributed by atoms with Crippen molar-refractivity contribution in [3.63, 3.8) is 0 Å². The predicted octanol–water partition coefficient (Wildman–Crippen LogP) is 3.17. The normalized spacial score (nSPS) is 14.3. The molecule has 0 bridgehead atoms. The lowest BCUT2D eigenvalue weighted by molar-refractivity contribution is 0.0694. The summed E-state index contributed by atoms with van der Waals surface area (Å²) in [5.74, 6) is -0.801. The molecule has 0 amide bonds. The molecule has 0 saturated heterocycles. The number of aryl methyl sites for hydroxylation is 1. The van der Waals surface area contributed by atoms with Gasteiger partial charge in [-0.2, -0.15) is 0 Å². The standard InChI is InChI=1S/C15H13FN2O2/c1-8-2-5-10(16)6-11(8)14-17-7-12(15(19)20)13(18-14)9-3-4-9/h2,5-7,9H,3-4H2,1H3,(H,19,20). The molecule has 3 rings (SSSR count). The molecule has 0 aliphatic heterocycles. The van der Waals surface area contributed by atoms with Crippen LogP contribution in [-0.2, 0) is 0 Å². The number of benzene rings is 1. The Balaban J connectivity index is 2.13. The van der Waals surface area contributed by atoms with Crippen molar-refractivity contribution in [3.05, 3.63) is 47.0 Å². The molecule has 1 aliphatic carbocycles. The summed E-state index contributed by atoms with van der Waals surface area (Å²) in [6.45, 7) is 1.85. The fourth-order valence-electron chi connectivity index (χ4n) is 2.19. The lowest BCUT2D eigenvalue weighted by atomic mass is 10.1. The summed E-state index contributed by atoms with van der Waals surface area (Å²) < 4.78 is 13.4. The van der Waals surface area contributed by atoms with Gasteiger partial charge < -0.3 is 5.11 Å². The van der Waals surface area contributed by atoms with Gasteiger partial charge in [-0.05, 0) is 37.5 Å². The van der Waals surface area contributed by atoms with Crippen molar-refractivity contribution in [1.82, 2.24) is 9.97 Å². The van der Waals surface area contributed by atoms with Crippen LogP contribution in [0.5, 0.6) is 0 Å². The molecule has 0 unspecified atom stereocenters. The largest absolute Gasteiger partial charge is 0.478 e. The monoisotopic (exact) mass is 272 g/mol. The van der Waals surface area contributed by atoms with Gasteiger partial charge in [-0.3, -0.25) is 0 Å². The highest BCUT2D eigenvalue weighted by molar-refractivity contribution is 5.89. The second-order valence-corrected chi connectivity index (χ2v) is 5.03. The maximum atomic E-state index is 13.4. The first kappa shape index (κ1) is 12.7. The van der Waals surface area contributed by atoms with E-state index < -0.39 is 5.97 Å². The van der Waals surface area contributed by atoms with Crippen LogP contribution in [0.3, 0.4) is 0 Å². The molecule has 0 atom stereocenters. The zero-order chi connectivity index (χ0) is 14.3. The number of aromatic carboxylic acids is 1. The molecule has 1 fully saturated rings. The van der Waals surface area contributed by atoms with Gasteiger partial charge in [0.15, 0.2) is 5.82 Å². The Morgan fingerprint density at radius 2 is 2.15 bits per heavy atom. The number of aromatic nitrogens is 2. The molecular weight excluding hydrogens is 259 g/mol. The smallest absolute Gasteiger partial charge is 0.339 e. The number of halogens is 1. The SMILES string of the molecule is Cc1ccc(F)cc1-c1ncc(C(=O)O)c(C2CC2)n1. The van der Waals surface area contributed by atoms with Gasteiger partial charge >= 0.3 is 5.97 Å². The molecule has 102 valence electrons. The third-order valence-electron chi connectivity index (χ3n) is 3.45. The zero-order valence-corrected chi connectivity index (χ0v) is 10.9. The first-order valence-electron chi connectivity index (χ1n) is 6.43. The number of carbonyl (C=O) groups is 1. The fourth-order valence-corrected chi connectivity index (χ4v) is 2.19. The third kappa shape index (κ3) is 2.27. The van der Waals surface area contributed by atoms with Crippen LogP contribution in [-0.4, -0.2) is 21.0 Å². The average molecular weight is 272 g/mol. The average Bonchev–Trinajstić information content (AvgIpc) is 3.25. The molecule has 1 aromatic carbocycles. The molecule has 0 spiro atoms. The molecule has 1 aliphatic rings. The van der Waals surface area contributed by atoms with E-state index in [1.54, 1.807) is 6.07 Å². The van der Waals surface area contributed by atoms with Gasteiger partial charge in [0, 0.05) is 17.7 Å². The van der Waals surface area contributed by atoms with Crippen LogP contribution in [0.2, 0.25) is 0 Å². The lowest BCUT2D eigenvalue weighted by Gasteiger charge is -2.08. The van der Waals surface area contributed by atoms with Crippen LogP contribution >= 0.6 is 0 Å². The topological polar surface area (TPSA) is 63.1 Å². The van der Waals surface area contributed by atoms with Gasteiger partial charge in [-0.15, -0.1) is 0 Å². The maximum absolute atomic E-state index is 13.4. The zero-order valence-electron chi connectivity index (χ0n) is 10.9. The summed E-state index contributed by atoms with van der Waals surface area (Å²) >= 11 is 0. The van der Waals surface area contributed by atoms with E-state index in [0.29, 0.717) is 17.1 Å². The van der Waals surface area contributed by atoms with Gasteiger partial charge in [0.2, 0.25) is 0 Å².